The maximum absolute atomic E-state index is 11.5. The second-order valence-corrected chi connectivity index (χ2v) is 7.38. The third-order valence-corrected chi connectivity index (χ3v) is 3.85. The molecule has 0 aromatic rings. The topological polar surface area (TPSA) is 35.5 Å². The Bertz CT molecular complexity index is 343. The number of allylic oxidation sites excluding steroid dienone is 1. The van der Waals surface area contributed by atoms with Gasteiger partial charge >= 0.3 is 0 Å². The Kier molecular flexibility index (Phi) is 9.86. The van der Waals surface area contributed by atoms with Crippen molar-refractivity contribution >= 4 is 5.78 Å². The molecule has 22 heavy (non-hydrogen) atoms. The average molecular weight is 312 g/mol. The third-order valence-electron chi connectivity index (χ3n) is 3.85. The molecule has 3 nitrogen and oxygen atoms in total. The minimum absolute atomic E-state index is 0.138. The molecule has 130 valence electrons. The van der Waals surface area contributed by atoms with Gasteiger partial charge in [-0.3, -0.25) is 4.79 Å². The first kappa shape index (κ1) is 21.3. The molecule has 0 unspecified atom stereocenters. The van der Waals surface area contributed by atoms with Crippen LogP contribution in [0.5, 0.6) is 0 Å². The van der Waals surface area contributed by atoms with Gasteiger partial charge in [-0.15, -0.1) is 0 Å². The average Bonchev–Trinajstić information content (AvgIpc) is 2.37. The van der Waals surface area contributed by atoms with Crippen LogP contribution in [0.15, 0.2) is 12.2 Å². The summed E-state index contributed by atoms with van der Waals surface area (Å²) in [6, 6.07) is 0. The van der Waals surface area contributed by atoms with Crippen molar-refractivity contribution in [3.63, 3.8) is 0 Å². The Morgan fingerprint density at radius 3 is 2.05 bits per heavy atom. The summed E-state index contributed by atoms with van der Waals surface area (Å²) in [5, 5.41) is 0. The summed E-state index contributed by atoms with van der Waals surface area (Å²) >= 11 is 0. The first-order chi connectivity index (χ1) is 10.1. The Morgan fingerprint density at radius 2 is 1.50 bits per heavy atom. The lowest BCUT2D eigenvalue weighted by atomic mass is 9.98. The Morgan fingerprint density at radius 1 is 0.955 bits per heavy atom. The van der Waals surface area contributed by atoms with E-state index < -0.39 is 0 Å². The zero-order chi connectivity index (χ0) is 17.2. The van der Waals surface area contributed by atoms with Crippen molar-refractivity contribution < 1.29 is 14.3 Å². The fourth-order valence-electron chi connectivity index (χ4n) is 2.10. The molecular formula is C19H36O3. The monoisotopic (exact) mass is 312 g/mol. The molecule has 3 heteroatoms. The lowest BCUT2D eigenvalue weighted by Gasteiger charge is -2.30. The summed E-state index contributed by atoms with van der Waals surface area (Å²) in [4.78, 5) is 11.5. The molecular weight excluding hydrogens is 276 g/mol. The van der Waals surface area contributed by atoms with Crippen molar-refractivity contribution in [1.29, 1.82) is 0 Å². The molecule has 0 saturated carbocycles. The summed E-state index contributed by atoms with van der Waals surface area (Å²) < 4.78 is 11.9. The summed E-state index contributed by atoms with van der Waals surface area (Å²) in [6.45, 7) is 17.5. The number of ether oxygens (including phenoxy) is 2. The van der Waals surface area contributed by atoms with Crippen molar-refractivity contribution in [3.05, 3.63) is 12.2 Å². The predicted molar refractivity (Wildman–Crippen MR) is 93.3 cm³/mol. The van der Waals surface area contributed by atoms with Crippen molar-refractivity contribution in [2.45, 2.75) is 91.3 Å². The van der Waals surface area contributed by atoms with E-state index in [4.69, 9.17) is 9.47 Å². The number of hydrogen-bond donors (Lipinski definition) is 0. The van der Waals surface area contributed by atoms with Crippen molar-refractivity contribution in [2.24, 2.45) is 0 Å². The zero-order valence-electron chi connectivity index (χ0n) is 15.6. The molecule has 0 aliphatic carbocycles. The molecule has 0 radical (unpaired) electrons. The molecule has 0 aliphatic heterocycles. The maximum Gasteiger partial charge on any atom is 0.157 e. The number of ketones is 1. The van der Waals surface area contributed by atoms with Crippen LogP contribution in [-0.4, -0.2) is 30.2 Å². The summed E-state index contributed by atoms with van der Waals surface area (Å²) in [5.74, 6) is 0.154. The van der Waals surface area contributed by atoms with E-state index in [2.05, 4.69) is 41.2 Å². The van der Waals surface area contributed by atoms with Gasteiger partial charge in [0.15, 0.2) is 5.78 Å². The Balaban J connectivity index is 3.96. The molecule has 0 amide bonds. The van der Waals surface area contributed by atoms with E-state index in [0.717, 1.165) is 38.7 Å². The fraction of sp³-hybridized carbons (Fsp3) is 0.842. The molecule has 0 atom stereocenters. The third kappa shape index (κ3) is 11.0. The maximum atomic E-state index is 11.5. The lowest BCUT2D eigenvalue weighted by molar-refractivity contribution is -0.116. The minimum atomic E-state index is -0.200. The highest BCUT2D eigenvalue weighted by Crippen LogP contribution is 2.22. The molecule has 0 spiro atoms. The Hall–Kier alpha value is -0.670. The van der Waals surface area contributed by atoms with Gasteiger partial charge in [0, 0.05) is 13.0 Å². The quantitative estimate of drug-likeness (QED) is 0.351. The number of rotatable bonds is 13. The van der Waals surface area contributed by atoms with Crippen LogP contribution in [0.4, 0.5) is 0 Å². The van der Waals surface area contributed by atoms with Crippen LogP contribution in [0.25, 0.3) is 0 Å². The molecule has 0 N–H and O–H groups in total. The molecule has 0 heterocycles. The van der Waals surface area contributed by atoms with Crippen LogP contribution < -0.4 is 0 Å². The van der Waals surface area contributed by atoms with Gasteiger partial charge in [-0.25, -0.2) is 0 Å². The SMILES string of the molecule is C=C(C)C(=O)CCCC(C)(C)OCCC(C)(C)OCCCC. The summed E-state index contributed by atoms with van der Waals surface area (Å²) in [5.41, 5.74) is 0.306. The first-order valence-corrected chi connectivity index (χ1v) is 8.56. The molecule has 0 fully saturated rings. The first-order valence-electron chi connectivity index (χ1n) is 8.56. The van der Waals surface area contributed by atoms with Gasteiger partial charge in [-0.05, 0) is 65.9 Å². The number of carbonyl (C=O) groups excluding carboxylic acids is 1. The largest absolute Gasteiger partial charge is 0.375 e. The number of carbonyl (C=O) groups is 1. The van der Waals surface area contributed by atoms with Gasteiger partial charge in [0.1, 0.15) is 0 Å². The van der Waals surface area contributed by atoms with Gasteiger partial charge in [-0.1, -0.05) is 19.9 Å². The summed E-state index contributed by atoms with van der Waals surface area (Å²) in [6.07, 6.45) is 5.42. The van der Waals surface area contributed by atoms with Crippen molar-refractivity contribution in [2.75, 3.05) is 13.2 Å². The van der Waals surface area contributed by atoms with E-state index >= 15 is 0 Å². The van der Waals surface area contributed by atoms with Crippen LogP contribution in [0.2, 0.25) is 0 Å². The van der Waals surface area contributed by atoms with E-state index in [0.29, 0.717) is 18.6 Å². The molecule has 0 aromatic carbocycles. The van der Waals surface area contributed by atoms with Gasteiger partial charge in [0.05, 0.1) is 17.8 Å². The minimum Gasteiger partial charge on any atom is -0.375 e. The van der Waals surface area contributed by atoms with Crippen LogP contribution in [0.3, 0.4) is 0 Å². The fourth-order valence-corrected chi connectivity index (χ4v) is 2.10. The second kappa shape index (κ2) is 10.2. The van der Waals surface area contributed by atoms with Crippen molar-refractivity contribution in [1.82, 2.24) is 0 Å². The van der Waals surface area contributed by atoms with E-state index in [1.807, 2.05) is 0 Å². The van der Waals surface area contributed by atoms with Gasteiger partial charge in [0.2, 0.25) is 0 Å². The normalized spacial score (nSPS) is 12.5. The lowest BCUT2D eigenvalue weighted by Crippen LogP contribution is -2.31. The van der Waals surface area contributed by atoms with E-state index in [9.17, 15) is 4.79 Å². The standard InChI is InChI=1S/C19H36O3/c1-8-9-14-21-19(6,7)13-15-22-18(4,5)12-10-11-17(20)16(2)3/h2,8-15H2,1,3-7H3. The highest BCUT2D eigenvalue weighted by molar-refractivity contribution is 5.93. The molecule has 0 rings (SSSR count). The highest BCUT2D eigenvalue weighted by Gasteiger charge is 2.22. The van der Waals surface area contributed by atoms with E-state index in [-0.39, 0.29) is 17.0 Å². The van der Waals surface area contributed by atoms with Crippen LogP contribution in [-0.2, 0) is 14.3 Å². The molecule has 0 aliphatic rings. The summed E-state index contributed by atoms with van der Waals surface area (Å²) in [7, 11) is 0. The second-order valence-electron chi connectivity index (χ2n) is 7.38. The van der Waals surface area contributed by atoms with Crippen LogP contribution >= 0.6 is 0 Å². The smallest absolute Gasteiger partial charge is 0.157 e. The van der Waals surface area contributed by atoms with Gasteiger partial charge in [-0.2, -0.15) is 0 Å². The molecule has 0 bridgehead atoms. The zero-order valence-corrected chi connectivity index (χ0v) is 15.6. The number of hydrogen-bond acceptors (Lipinski definition) is 3. The van der Waals surface area contributed by atoms with E-state index in [1.54, 1.807) is 6.92 Å². The Labute approximate surface area is 137 Å². The molecule has 0 aromatic heterocycles. The van der Waals surface area contributed by atoms with Crippen LogP contribution in [0, 0.1) is 0 Å². The van der Waals surface area contributed by atoms with Crippen molar-refractivity contribution in [3.8, 4) is 0 Å². The van der Waals surface area contributed by atoms with Gasteiger partial charge < -0.3 is 9.47 Å². The number of Topliss-reactive ketones (excluding diaryl/α,β-unsaturated/α-hetero) is 1. The predicted octanol–water partition coefficient (Wildman–Crippen LogP) is 5.08. The van der Waals surface area contributed by atoms with Crippen LogP contribution in [0.1, 0.15) is 80.1 Å². The number of unbranched alkanes of at least 4 members (excludes halogenated alkanes) is 1. The van der Waals surface area contributed by atoms with E-state index in [1.165, 1.54) is 0 Å². The van der Waals surface area contributed by atoms with Gasteiger partial charge in [0.25, 0.3) is 0 Å². The highest BCUT2D eigenvalue weighted by atomic mass is 16.5. The molecule has 0 saturated heterocycles.